The first-order valence-corrected chi connectivity index (χ1v) is 6.22. The van der Waals surface area contributed by atoms with Crippen molar-refractivity contribution in [2.45, 2.75) is 44.8 Å². The molecule has 7 nitrogen and oxygen atoms in total. The van der Waals surface area contributed by atoms with Gasteiger partial charge in [0.15, 0.2) is 11.6 Å². The number of ether oxygens (including phenoxy) is 4. The molecule has 2 saturated heterocycles. The number of nitro groups is 1. The highest BCUT2D eigenvalue weighted by Crippen LogP contribution is 2.36. The van der Waals surface area contributed by atoms with Gasteiger partial charge in [-0.25, -0.2) is 0 Å². The van der Waals surface area contributed by atoms with E-state index in [2.05, 4.69) is 0 Å². The average Bonchev–Trinajstić information content (AvgIpc) is 2.30. The van der Waals surface area contributed by atoms with Crippen molar-refractivity contribution in [3.8, 4) is 0 Å². The zero-order valence-corrected chi connectivity index (χ0v) is 11.7. The monoisotopic (exact) mass is 274 g/mol. The Morgan fingerprint density at radius 3 is 1.79 bits per heavy atom. The summed E-state index contributed by atoms with van der Waals surface area (Å²) in [4.78, 5) is 11.1. The normalized spacial score (nSPS) is 29.9. The van der Waals surface area contributed by atoms with Crippen molar-refractivity contribution < 1.29 is 23.9 Å². The topological polar surface area (TPSA) is 80.1 Å². The van der Waals surface area contributed by atoms with Crippen LogP contribution in [0.1, 0.15) is 27.7 Å². The summed E-state index contributed by atoms with van der Waals surface area (Å²) in [6, 6.07) is 0. The van der Waals surface area contributed by atoms with Crippen LogP contribution in [-0.4, -0.2) is 48.5 Å². The largest absolute Gasteiger partial charge is 0.350 e. The molecule has 0 bridgehead atoms. The number of hydrogen-bond donors (Lipinski definition) is 0. The maximum absolute atomic E-state index is 11.5. The van der Waals surface area contributed by atoms with E-state index >= 15 is 0 Å². The first-order valence-electron chi connectivity index (χ1n) is 6.22. The number of nitrogens with zero attached hydrogens (tertiary/aromatic N) is 1. The van der Waals surface area contributed by atoms with Gasteiger partial charge in [0.1, 0.15) is 19.1 Å². The second kappa shape index (κ2) is 4.66. The highest BCUT2D eigenvalue weighted by molar-refractivity contribution is 5.12. The van der Waals surface area contributed by atoms with E-state index in [4.69, 9.17) is 18.9 Å². The van der Waals surface area contributed by atoms with Gasteiger partial charge in [0.2, 0.25) is 0 Å². The Labute approximate surface area is 112 Å². The first kappa shape index (κ1) is 14.6. The quantitative estimate of drug-likeness (QED) is 0.555. The van der Waals surface area contributed by atoms with Gasteiger partial charge < -0.3 is 18.9 Å². The lowest BCUT2D eigenvalue weighted by Crippen LogP contribution is -2.62. The molecule has 7 heteroatoms. The van der Waals surface area contributed by atoms with Gasteiger partial charge in [0.25, 0.3) is 5.54 Å². The predicted molar refractivity (Wildman–Crippen MR) is 64.9 cm³/mol. The van der Waals surface area contributed by atoms with Gasteiger partial charge in [0.05, 0.1) is 13.2 Å². The van der Waals surface area contributed by atoms with E-state index in [0.717, 1.165) is 0 Å². The van der Waals surface area contributed by atoms with E-state index in [1.807, 2.05) is 0 Å². The lowest BCUT2D eigenvalue weighted by atomic mass is 9.85. The van der Waals surface area contributed by atoms with Crippen LogP contribution >= 0.6 is 0 Å². The Morgan fingerprint density at radius 1 is 0.947 bits per heavy atom. The SMILES string of the molecule is CC1(C)OC[C](C2([N+](=O)[O-])COC(C)(C)OC2)CO1. The van der Waals surface area contributed by atoms with Crippen molar-refractivity contribution in [3.63, 3.8) is 0 Å². The summed E-state index contributed by atoms with van der Waals surface area (Å²) in [5, 5.41) is 11.5. The third-order valence-electron chi connectivity index (χ3n) is 3.51. The fourth-order valence-electron chi connectivity index (χ4n) is 1.98. The van der Waals surface area contributed by atoms with Crippen molar-refractivity contribution in [3.05, 3.63) is 16.0 Å². The van der Waals surface area contributed by atoms with Gasteiger partial charge in [0, 0.05) is 4.92 Å². The van der Waals surface area contributed by atoms with E-state index in [-0.39, 0.29) is 31.4 Å². The van der Waals surface area contributed by atoms with E-state index in [1.165, 1.54) is 0 Å². The second-order valence-electron chi connectivity index (χ2n) is 5.85. The highest BCUT2D eigenvalue weighted by atomic mass is 16.7. The zero-order valence-electron chi connectivity index (χ0n) is 11.7. The van der Waals surface area contributed by atoms with Crippen LogP contribution in [-0.2, 0) is 18.9 Å². The standard InChI is InChI=1S/C12H20NO6/c1-10(2)16-5-9(6-17-10)12(13(14)15)7-18-11(3,4)19-8-12/h5-8H2,1-4H3. The van der Waals surface area contributed by atoms with E-state index < -0.39 is 17.1 Å². The van der Waals surface area contributed by atoms with Crippen LogP contribution in [0, 0.1) is 16.0 Å². The molecule has 2 fully saturated rings. The maximum Gasteiger partial charge on any atom is 0.279 e. The van der Waals surface area contributed by atoms with Gasteiger partial charge in [-0.3, -0.25) is 10.1 Å². The Balaban J connectivity index is 2.11. The molecule has 1 radical (unpaired) electrons. The summed E-state index contributed by atoms with van der Waals surface area (Å²) in [6.45, 7) is 7.32. The summed E-state index contributed by atoms with van der Waals surface area (Å²) in [5.74, 6) is -0.959. The zero-order chi connectivity index (χ0) is 14.3. The molecular weight excluding hydrogens is 254 g/mol. The van der Waals surface area contributed by atoms with Gasteiger partial charge in [-0.05, 0) is 27.7 Å². The van der Waals surface area contributed by atoms with Gasteiger partial charge in [-0.15, -0.1) is 0 Å². The molecule has 0 amide bonds. The molecule has 109 valence electrons. The fraction of sp³-hybridized carbons (Fsp3) is 0.917. The van der Waals surface area contributed by atoms with Crippen molar-refractivity contribution in [2.24, 2.45) is 0 Å². The lowest BCUT2D eigenvalue weighted by molar-refractivity contribution is -0.592. The molecule has 0 unspecified atom stereocenters. The fourth-order valence-corrected chi connectivity index (χ4v) is 1.98. The average molecular weight is 274 g/mol. The van der Waals surface area contributed by atoms with Crippen LogP contribution in [0.4, 0.5) is 0 Å². The molecule has 2 aliphatic rings. The van der Waals surface area contributed by atoms with Crippen LogP contribution in [0.2, 0.25) is 0 Å². The molecular formula is C12H20NO6. The Hall–Kier alpha value is -0.760. The summed E-state index contributed by atoms with van der Waals surface area (Å²) < 4.78 is 21.9. The highest BCUT2D eigenvalue weighted by Gasteiger charge is 2.58. The molecule has 0 atom stereocenters. The third kappa shape index (κ3) is 2.89. The Kier molecular flexibility index (Phi) is 3.59. The first-order chi connectivity index (χ1) is 8.67. The van der Waals surface area contributed by atoms with E-state index in [1.54, 1.807) is 27.7 Å². The van der Waals surface area contributed by atoms with Crippen LogP contribution in [0.25, 0.3) is 0 Å². The minimum absolute atomic E-state index is 0.0323. The minimum Gasteiger partial charge on any atom is -0.350 e. The Bertz CT molecular complexity index is 347. The van der Waals surface area contributed by atoms with E-state index in [9.17, 15) is 10.1 Å². The summed E-state index contributed by atoms with van der Waals surface area (Å²) >= 11 is 0. The molecule has 2 aliphatic heterocycles. The molecule has 0 aromatic rings. The van der Waals surface area contributed by atoms with Crippen LogP contribution in [0.15, 0.2) is 0 Å². The van der Waals surface area contributed by atoms with Gasteiger partial charge >= 0.3 is 0 Å². The summed E-state index contributed by atoms with van der Waals surface area (Å²) in [6.07, 6.45) is 0. The van der Waals surface area contributed by atoms with Gasteiger partial charge in [-0.1, -0.05) is 0 Å². The molecule has 0 aromatic heterocycles. The molecule has 0 aromatic carbocycles. The van der Waals surface area contributed by atoms with Crippen molar-refractivity contribution in [1.29, 1.82) is 0 Å². The molecule has 19 heavy (non-hydrogen) atoms. The molecule has 0 spiro atoms. The lowest BCUT2D eigenvalue weighted by Gasteiger charge is -2.44. The van der Waals surface area contributed by atoms with Crippen molar-refractivity contribution >= 4 is 0 Å². The van der Waals surface area contributed by atoms with Crippen LogP contribution in [0.3, 0.4) is 0 Å². The molecule has 2 rings (SSSR count). The van der Waals surface area contributed by atoms with Crippen molar-refractivity contribution in [2.75, 3.05) is 26.4 Å². The Morgan fingerprint density at radius 2 is 1.37 bits per heavy atom. The van der Waals surface area contributed by atoms with Crippen LogP contribution in [0.5, 0.6) is 0 Å². The summed E-state index contributed by atoms with van der Waals surface area (Å²) in [7, 11) is 0. The summed E-state index contributed by atoms with van der Waals surface area (Å²) in [5.41, 5.74) is -1.38. The number of hydrogen-bond acceptors (Lipinski definition) is 6. The molecule has 2 heterocycles. The second-order valence-corrected chi connectivity index (χ2v) is 5.85. The molecule has 0 aliphatic carbocycles. The van der Waals surface area contributed by atoms with Crippen molar-refractivity contribution in [1.82, 2.24) is 0 Å². The number of rotatable bonds is 2. The predicted octanol–water partition coefficient (Wildman–Crippen LogP) is 1.14. The molecule has 0 N–H and O–H groups in total. The van der Waals surface area contributed by atoms with E-state index in [0.29, 0.717) is 5.92 Å². The van der Waals surface area contributed by atoms with Gasteiger partial charge in [-0.2, -0.15) is 0 Å². The maximum atomic E-state index is 11.5. The third-order valence-corrected chi connectivity index (χ3v) is 3.51. The van der Waals surface area contributed by atoms with Crippen LogP contribution < -0.4 is 0 Å². The minimum atomic E-state index is -1.38. The smallest absolute Gasteiger partial charge is 0.279 e. The molecule has 0 saturated carbocycles.